The molecule has 2 aliphatic rings. The third-order valence-electron chi connectivity index (χ3n) is 5.94. The molecule has 0 aromatic heterocycles. The summed E-state index contributed by atoms with van der Waals surface area (Å²) in [4.78, 5) is 6.89. The Hall–Kier alpha value is -1.79. The van der Waals surface area contributed by atoms with Gasteiger partial charge in [-0.05, 0) is 49.8 Å². The van der Waals surface area contributed by atoms with Crippen molar-refractivity contribution in [2.75, 3.05) is 54.1 Å². The van der Waals surface area contributed by atoms with Gasteiger partial charge >= 0.3 is 0 Å². The van der Waals surface area contributed by atoms with Crippen molar-refractivity contribution < 1.29 is 14.2 Å². The van der Waals surface area contributed by atoms with Crippen LogP contribution < -0.4 is 10.1 Å². The van der Waals surface area contributed by atoms with Crippen LogP contribution in [-0.4, -0.2) is 71.1 Å². The predicted octanol–water partition coefficient (Wildman–Crippen LogP) is 2.82. The number of guanidine groups is 1. The van der Waals surface area contributed by atoms with Crippen LogP contribution in [0.15, 0.2) is 29.3 Å². The van der Waals surface area contributed by atoms with E-state index in [2.05, 4.69) is 39.5 Å². The number of aliphatic imine (C=N–C) groups is 1. The van der Waals surface area contributed by atoms with Gasteiger partial charge in [-0.2, -0.15) is 0 Å². The molecule has 3 rings (SSSR count). The van der Waals surface area contributed by atoms with Crippen LogP contribution in [0.5, 0.6) is 5.75 Å². The fraction of sp³-hybridized carbons (Fsp3) is 0.682. The van der Waals surface area contributed by atoms with E-state index in [1.807, 2.05) is 7.05 Å². The molecule has 6 nitrogen and oxygen atoms in total. The number of methoxy groups -OCH3 is 2. The molecule has 28 heavy (non-hydrogen) atoms. The fourth-order valence-electron chi connectivity index (χ4n) is 3.93. The number of ether oxygens (including phenoxy) is 3. The van der Waals surface area contributed by atoms with Crippen LogP contribution >= 0.6 is 0 Å². The first-order valence-corrected chi connectivity index (χ1v) is 10.4. The van der Waals surface area contributed by atoms with Gasteiger partial charge in [-0.25, -0.2) is 0 Å². The van der Waals surface area contributed by atoms with Crippen LogP contribution in [0.4, 0.5) is 0 Å². The summed E-state index contributed by atoms with van der Waals surface area (Å²) in [5.74, 6) is 1.92. The number of benzene rings is 1. The maximum absolute atomic E-state index is 5.97. The lowest BCUT2D eigenvalue weighted by molar-refractivity contribution is 0.00989. The molecule has 1 aromatic carbocycles. The second kappa shape index (κ2) is 10.1. The van der Waals surface area contributed by atoms with Crippen molar-refractivity contribution in [3.63, 3.8) is 0 Å². The van der Waals surface area contributed by atoms with Gasteiger partial charge < -0.3 is 24.4 Å². The standard InChI is InChI=1S/C22H35N3O3/c1-23-21(25-13-9-20(10-14-25)28-16-4-15-26-2)24-17-22(11-12-22)18-5-7-19(27-3)8-6-18/h5-8,20H,4,9-17H2,1-3H3,(H,23,24). The lowest BCUT2D eigenvalue weighted by atomic mass is 9.96. The molecule has 1 aliphatic carbocycles. The summed E-state index contributed by atoms with van der Waals surface area (Å²) in [5, 5.41) is 3.63. The maximum Gasteiger partial charge on any atom is 0.193 e. The highest BCUT2D eigenvalue weighted by Gasteiger charge is 2.44. The van der Waals surface area contributed by atoms with E-state index in [1.54, 1.807) is 14.2 Å². The molecular weight excluding hydrogens is 354 g/mol. The monoisotopic (exact) mass is 389 g/mol. The van der Waals surface area contributed by atoms with E-state index < -0.39 is 0 Å². The Balaban J connectivity index is 1.45. The zero-order valence-corrected chi connectivity index (χ0v) is 17.6. The highest BCUT2D eigenvalue weighted by atomic mass is 16.5. The van der Waals surface area contributed by atoms with Gasteiger partial charge in [0, 0.05) is 52.4 Å². The normalized spacial score (nSPS) is 19.5. The van der Waals surface area contributed by atoms with Crippen molar-refractivity contribution in [1.82, 2.24) is 10.2 Å². The number of likely N-dealkylation sites (tertiary alicyclic amines) is 1. The van der Waals surface area contributed by atoms with Gasteiger partial charge in [0.15, 0.2) is 5.96 Å². The molecule has 1 N–H and O–H groups in total. The molecule has 156 valence electrons. The Bertz CT molecular complexity index is 620. The lowest BCUT2D eigenvalue weighted by Gasteiger charge is -2.34. The molecule has 2 fully saturated rings. The molecule has 0 amide bonds. The summed E-state index contributed by atoms with van der Waals surface area (Å²) >= 11 is 0. The van der Waals surface area contributed by atoms with Crippen LogP contribution in [0.1, 0.15) is 37.7 Å². The first-order valence-electron chi connectivity index (χ1n) is 10.4. The number of nitrogens with zero attached hydrogens (tertiary/aromatic N) is 2. The van der Waals surface area contributed by atoms with Crippen molar-refractivity contribution >= 4 is 5.96 Å². The number of hydrogen-bond acceptors (Lipinski definition) is 4. The van der Waals surface area contributed by atoms with Gasteiger partial charge in [-0.15, -0.1) is 0 Å². The minimum atomic E-state index is 0.241. The Kier molecular flexibility index (Phi) is 7.57. The van der Waals surface area contributed by atoms with E-state index in [0.29, 0.717) is 6.10 Å². The molecule has 0 bridgehead atoms. The highest BCUT2D eigenvalue weighted by molar-refractivity contribution is 5.80. The van der Waals surface area contributed by atoms with Crippen LogP contribution in [0.25, 0.3) is 0 Å². The van der Waals surface area contributed by atoms with E-state index in [9.17, 15) is 0 Å². The molecule has 0 spiro atoms. The number of rotatable bonds is 9. The third kappa shape index (κ3) is 5.39. The molecule has 0 radical (unpaired) electrons. The number of hydrogen-bond donors (Lipinski definition) is 1. The molecule has 1 saturated carbocycles. The summed E-state index contributed by atoms with van der Waals surface area (Å²) in [6.07, 6.45) is 5.88. The zero-order valence-electron chi connectivity index (χ0n) is 17.6. The molecule has 1 aromatic rings. The summed E-state index contributed by atoms with van der Waals surface area (Å²) in [5.41, 5.74) is 1.63. The summed E-state index contributed by atoms with van der Waals surface area (Å²) in [6.45, 7) is 4.47. The smallest absolute Gasteiger partial charge is 0.193 e. The number of nitrogens with one attached hydrogen (secondary N) is 1. The van der Waals surface area contributed by atoms with Crippen LogP contribution in [0, 0.1) is 0 Å². The molecular formula is C22H35N3O3. The van der Waals surface area contributed by atoms with Crippen molar-refractivity contribution in [3.05, 3.63) is 29.8 Å². The van der Waals surface area contributed by atoms with E-state index in [1.165, 1.54) is 18.4 Å². The van der Waals surface area contributed by atoms with Gasteiger partial charge in [0.25, 0.3) is 0 Å². The lowest BCUT2D eigenvalue weighted by Crippen LogP contribution is -2.48. The molecule has 0 atom stereocenters. The SMILES string of the molecule is CN=C(NCC1(c2ccc(OC)cc2)CC1)N1CCC(OCCCOC)CC1. The fourth-order valence-corrected chi connectivity index (χ4v) is 3.93. The summed E-state index contributed by atoms with van der Waals surface area (Å²) in [6, 6.07) is 8.51. The quantitative estimate of drug-likeness (QED) is 0.400. The Labute approximate surface area is 169 Å². The average Bonchev–Trinajstić information content (AvgIpc) is 3.54. The molecule has 6 heteroatoms. The van der Waals surface area contributed by atoms with Crippen molar-refractivity contribution in [1.29, 1.82) is 0 Å². The Morgan fingerprint density at radius 3 is 2.43 bits per heavy atom. The van der Waals surface area contributed by atoms with E-state index in [-0.39, 0.29) is 5.41 Å². The zero-order chi connectivity index (χ0) is 19.8. The molecule has 1 saturated heterocycles. The minimum absolute atomic E-state index is 0.241. The second-order valence-electron chi connectivity index (χ2n) is 7.81. The van der Waals surface area contributed by atoms with E-state index >= 15 is 0 Å². The highest BCUT2D eigenvalue weighted by Crippen LogP contribution is 2.47. The Morgan fingerprint density at radius 2 is 1.86 bits per heavy atom. The van der Waals surface area contributed by atoms with Crippen LogP contribution in [-0.2, 0) is 14.9 Å². The molecule has 1 heterocycles. The summed E-state index contributed by atoms with van der Waals surface area (Å²) in [7, 11) is 5.32. The molecule has 1 aliphatic heterocycles. The van der Waals surface area contributed by atoms with Gasteiger partial charge in [0.2, 0.25) is 0 Å². The predicted molar refractivity (Wildman–Crippen MR) is 112 cm³/mol. The van der Waals surface area contributed by atoms with Crippen LogP contribution in [0.2, 0.25) is 0 Å². The van der Waals surface area contributed by atoms with Crippen molar-refractivity contribution in [2.45, 2.75) is 43.6 Å². The largest absolute Gasteiger partial charge is 0.497 e. The Morgan fingerprint density at radius 1 is 1.14 bits per heavy atom. The van der Waals surface area contributed by atoms with E-state index in [0.717, 1.165) is 63.8 Å². The number of piperidine rings is 1. The molecule has 0 unspecified atom stereocenters. The van der Waals surface area contributed by atoms with Gasteiger partial charge in [0.1, 0.15) is 5.75 Å². The van der Waals surface area contributed by atoms with Crippen molar-refractivity contribution in [3.8, 4) is 5.75 Å². The van der Waals surface area contributed by atoms with Crippen LogP contribution in [0.3, 0.4) is 0 Å². The van der Waals surface area contributed by atoms with Gasteiger partial charge in [-0.1, -0.05) is 12.1 Å². The average molecular weight is 390 g/mol. The topological polar surface area (TPSA) is 55.3 Å². The summed E-state index contributed by atoms with van der Waals surface area (Å²) < 4.78 is 16.3. The third-order valence-corrected chi connectivity index (χ3v) is 5.94. The van der Waals surface area contributed by atoms with Crippen molar-refractivity contribution in [2.24, 2.45) is 4.99 Å². The minimum Gasteiger partial charge on any atom is -0.497 e. The van der Waals surface area contributed by atoms with Gasteiger partial charge in [-0.3, -0.25) is 4.99 Å². The maximum atomic E-state index is 5.97. The first-order chi connectivity index (χ1) is 13.7. The first kappa shape index (κ1) is 20.9. The second-order valence-corrected chi connectivity index (χ2v) is 7.81. The van der Waals surface area contributed by atoms with E-state index in [4.69, 9.17) is 14.2 Å². The van der Waals surface area contributed by atoms with Gasteiger partial charge in [0.05, 0.1) is 13.2 Å².